The zero-order valence-corrected chi connectivity index (χ0v) is 17.6. The van der Waals surface area contributed by atoms with E-state index in [-0.39, 0.29) is 11.8 Å². The van der Waals surface area contributed by atoms with Crippen molar-refractivity contribution in [2.75, 3.05) is 26.2 Å². The van der Waals surface area contributed by atoms with Crippen molar-refractivity contribution >= 4 is 15.9 Å². The number of hydrogen-bond donors (Lipinski definition) is 0. The average Bonchev–Trinajstić information content (AvgIpc) is 2.70. The fourth-order valence-electron chi connectivity index (χ4n) is 3.49. The molecule has 0 aromatic heterocycles. The summed E-state index contributed by atoms with van der Waals surface area (Å²) in [5, 5.41) is 0. The summed E-state index contributed by atoms with van der Waals surface area (Å²) in [6.45, 7) is 7.47. The maximum absolute atomic E-state index is 12.9. The van der Waals surface area contributed by atoms with Gasteiger partial charge in [-0.15, -0.1) is 0 Å². The summed E-state index contributed by atoms with van der Waals surface area (Å²) in [6, 6.07) is 15.2. The molecular formula is C22H28N2O3S. The van der Waals surface area contributed by atoms with Gasteiger partial charge < -0.3 is 4.90 Å². The lowest BCUT2D eigenvalue weighted by atomic mass is 9.97. The van der Waals surface area contributed by atoms with Gasteiger partial charge in [-0.05, 0) is 48.6 Å². The predicted molar refractivity (Wildman–Crippen MR) is 111 cm³/mol. The van der Waals surface area contributed by atoms with Gasteiger partial charge in [-0.2, -0.15) is 4.31 Å². The topological polar surface area (TPSA) is 57.7 Å². The minimum atomic E-state index is -3.52. The summed E-state index contributed by atoms with van der Waals surface area (Å²) in [4.78, 5) is 14.8. The third-order valence-corrected chi connectivity index (χ3v) is 7.45. The van der Waals surface area contributed by atoms with Crippen molar-refractivity contribution in [2.45, 2.75) is 38.0 Å². The number of carbonyl (C=O) groups excluding carboxylic acids is 1. The van der Waals surface area contributed by atoms with Crippen LogP contribution in [-0.2, 0) is 14.8 Å². The van der Waals surface area contributed by atoms with Crippen LogP contribution < -0.4 is 0 Å². The molecule has 1 heterocycles. The maximum atomic E-state index is 12.9. The molecule has 0 saturated carbocycles. The van der Waals surface area contributed by atoms with Crippen molar-refractivity contribution in [1.82, 2.24) is 9.21 Å². The van der Waals surface area contributed by atoms with Crippen LogP contribution in [0.3, 0.4) is 0 Å². The number of aryl methyl sites for hydroxylation is 2. The van der Waals surface area contributed by atoms with Gasteiger partial charge in [-0.1, -0.05) is 43.3 Å². The Morgan fingerprint density at radius 1 is 0.964 bits per heavy atom. The Kier molecular flexibility index (Phi) is 6.20. The second kappa shape index (κ2) is 8.45. The van der Waals surface area contributed by atoms with E-state index in [1.807, 2.05) is 57.2 Å². The van der Waals surface area contributed by atoms with Crippen LogP contribution in [0.4, 0.5) is 0 Å². The van der Waals surface area contributed by atoms with Gasteiger partial charge in [-0.25, -0.2) is 8.42 Å². The molecule has 1 atom stereocenters. The summed E-state index contributed by atoms with van der Waals surface area (Å²) in [5.74, 6) is 0.227. The summed E-state index contributed by atoms with van der Waals surface area (Å²) < 4.78 is 27.3. The summed E-state index contributed by atoms with van der Waals surface area (Å²) >= 11 is 0. The number of nitrogens with zero attached hydrogens (tertiary/aromatic N) is 2. The molecule has 1 saturated heterocycles. The van der Waals surface area contributed by atoms with E-state index in [0.717, 1.165) is 16.7 Å². The first-order valence-corrected chi connectivity index (χ1v) is 11.1. The van der Waals surface area contributed by atoms with Gasteiger partial charge >= 0.3 is 0 Å². The molecule has 1 fully saturated rings. The minimum Gasteiger partial charge on any atom is -0.340 e. The second-order valence-electron chi connectivity index (χ2n) is 7.55. The fourth-order valence-corrected chi connectivity index (χ4v) is 5.00. The molecule has 6 heteroatoms. The van der Waals surface area contributed by atoms with Crippen molar-refractivity contribution in [3.05, 3.63) is 65.2 Å². The number of benzene rings is 2. The first-order valence-electron chi connectivity index (χ1n) is 9.69. The number of hydrogen-bond acceptors (Lipinski definition) is 3. The second-order valence-corrected chi connectivity index (χ2v) is 9.48. The highest BCUT2D eigenvalue weighted by Gasteiger charge is 2.30. The SMILES string of the molecule is Cc1ccc(S(=O)(=O)N2CCN(C(=O)C[C@@H](C)c3ccccc3)CC2)cc1C. The highest BCUT2D eigenvalue weighted by Crippen LogP contribution is 2.23. The Morgan fingerprint density at radius 2 is 1.61 bits per heavy atom. The van der Waals surface area contributed by atoms with Crippen molar-refractivity contribution in [1.29, 1.82) is 0 Å². The van der Waals surface area contributed by atoms with Crippen LogP contribution in [0.1, 0.15) is 36.0 Å². The molecule has 1 amide bonds. The van der Waals surface area contributed by atoms with Crippen molar-refractivity contribution < 1.29 is 13.2 Å². The number of rotatable bonds is 5. The highest BCUT2D eigenvalue weighted by molar-refractivity contribution is 7.89. The Bertz CT molecular complexity index is 934. The van der Waals surface area contributed by atoms with Gasteiger partial charge in [-0.3, -0.25) is 4.79 Å². The van der Waals surface area contributed by atoms with Gasteiger partial charge in [0.05, 0.1) is 4.90 Å². The molecule has 1 aliphatic heterocycles. The standard InChI is InChI=1S/C22H28N2O3S/c1-17-9-10-21(15-18(17)2)28(26,27)24-13-11-23(12-14-24)22(25)16-19(3)20-7-5-4-6-8-20/h4-10,15,19H,11-14,16H2,1-3H3/t19-/m1/s1. The summed E-state index contributed by atoms with van der Waals surface area (Å²) in [6.07, 6.45) is 0.438. The lowest BCUT2D eigenvalue weighted by Gasteiger charge is -2.34. The molecule has 150 valence electrons. The van der Waals surface area contributed by atoms with Crippen LogP contribution in [0, 0.1) is 13.8 Å². The first kappa shape index (κ1) is 20.6. The van der Waals surface area contributed by atoms with Crippen molar-refractivity contribution in [3.63, 3.8) is 0 Å². The van der Waals surface area contributed by atoms with Crippen LogP contribution >= 0.6 is 0 Å². The van der Waals surface area contributed by atoms with Crippen molar-refractivity contribution in [3.8, 4) is 0 Å². The molecule has 1 aliphatic rings. The van der Waals surface area contributed by atoms with Crippen LogP contribution in [0.25, 0.3) is 0 Å². The molecule has 2 aromatic rings. The molecule has 5 nitrogen and oxygen atoms in total. The minimum absolute atomic E-state index is 0.0829. The fraction of sp³-hybridized carbons (Fsp3) is 0.409. The van der Waals surface area contributed by atoms with E-state index in [2.05, 4.69) is 0 Å². The zero-order valence-electron chi connectivity index (χ0n) is 16.8. The monoisotopic (exact) mass is 400 g/mol. The number of piperazine rings is 1. The lowest BCUT2D eigenvalue weighted by molar-refractivity contribution is -0.132. The Balaban J connectivity index is 1.60. The first-order chi connectivity index (χ1) is 13.3. The van der Waals surface area contributed by atoms with E-state index in [0.29, 0.717) is 37.5 Å². The van der Waals surface area contributed by atoms with E-state index >= 15 is 0 Å². The Morgan fingerprint density at radius 3 is 2.21 bits per heavy atom. The van der Waals surface area contributed by atoms with Gasteiger partial charge in [0.2, 0.25) is 15.9 Å². The quantitative estimate of drug-likeness (QED) is 0.774. The molecule has 0 aliphatic carbocycles. The summed E-state index contributed by atoms with van der Waals surface area (Å²) in [7, 11) is -3.52. The molecule has 28 heavy (non-hydrogen) atoms. The third-order valence-electron chi connectivity index (χ3n) is 5.56. The molecule has 2 aromatic carbocycles. The van der Waals surface area contributed by atoms with E-state index in [1.165, 1.54) is 4.31 Å². The van der Waals surface area contributed by atoms with Crippen molar-refractivity contribution in [2.24, 2.45) is 0 Å². The van der Waals surface area contributed by atoms with Gasteiger partial charge in [0.25, 0.3) is 0 Å². The molecule has 3 rings (SSSR count). The van der Waals surface area contributed by atoms with Gasteiger partial charge in [0, 0.05) is 32.6 Å². The smallest absolute Gasteiger partial charge is 0.243 e. The molecule has 0 spiro atoms. The third kappa shape index (κ3) is 4.45. The highest BCUT2D eigenvalue weighted by atomic mass is 32.2. The lowest BCUT2D eigenvalue weighted by Crippen LogP contribution is -2.50. The van der Waals surface area contributed by atoms with Crippen LogP contribution in [-0.4, -0.2) is 49.7 Å². The molecule has 0 unspecified atom stereocenters. The van der Waals surface area contributed by atoms with Gasteiger partial charge in [0.1, 0.15) is 0 Å². The molecule has 0 radical (unpaired) electrons. The average molecular weight is 401 g/mol. The van der Waals surface area contributed by atoms with Crippen LogP contribution in [0.15, 0.2) is 53.4 Å². The van der Waals surface area contributed by atoms with Crippen LogP contribution in [0.2, 0.25) is 0 Å². The van der Waals surface area contributed by atoms with E-state index in [9.17, 15) is 13.2 Å². The largest absolute Gasteiger partial charge is 0.340 e. The molecule has 0 bridgehead atoms. The normalized spacial score (nSPS) is 16.8. The molecular weight excluding hydrogens is 372 g/mol. The molecule has 0 N–H and O–H groups in total. The maximum Gasteiger partial charge on any atom is 0.243 e. The Hall–Kier alpha value is -2.18. The number of carbonyl (C=O) groups is 1. The number of amides is 1. The zero-order chi connectivity index (χ0) is 20.3. The van der Waals surface area contributed by atoms with Crippen LogP contribution in [0.5, 0.6) is 0 Å². The van der Waals surface area contributed by atoms with E-state index < -0.39 is 10.0 Å². The van der Waals surface area contributed by atoms with E-state index in [1.54, 1.807) is 17.0 Å². The van der Waals surface area contributed by atoms with Gasteiger partial charge in [0.15, 0.2) is 0 Å². The summed E-state index contributed by atoms with van der Waals surface area (Å²) in [5.41, 5.74) is 3.18. The number of sulfonamides is 1. The van der Waals surface area contributed by atoms with E-state index in [4.69, 9.17) is 0 Å². The predicted octanol–water partition coefficient (Wildman–Crippen LogP) is 3.33. The Labute approximate surface area is 168 Å².